The Morgan fingerprint density at radius 2 is 2.18 bits per heavy atom. The molecular formula is C12H14N4O. The molecule has 0 spiro atoms. The van der Waals surface area contributed by atoms with Crippen LogP contribution in [0.4, 0.5) is 5.82 Å². The van der Waals surface area contributed by atoms with Gasteiger partial charge in [0.2, 0.25) is 5.88 Å². The van der Waals surface area contributed by atoms with Crippen LogP contribution in [-0.2, 0) is 6.42 Å². The first kappa shape index (κ1) is 11.3. The fraction of sp³-hybridized carbons (Fsp3) is 0.250. The van der Waals surface area contributed by atoms with Crippen molar-refractivity contribution in [2.45, 2.75) is 13.3 Å². The van der Waals surface area contributed by atoms with Crippen LogP contribution in [0.5, 0.6) is 5.88 Å². The van der Waals surface area contributed by atoms with Gasteiger partial charge in [0.25, 0.3) is 0 Å². The van der Waals surface area contributed by atoms with Crippen LogP contribution in [0.1, 0.15) is 11.5 Å². The van der Waals surface area contributed by atoms with Crippen molar-refractivity contribution >= 4 is 5.82 Å². The molecule has 2 N–H and O–H groups in total. The summed E-state index contributed by atoms with van der Waals surface area (Å²) in [6.07, 6.45) is 2.51. The molecule has 0 aliphatic rings. The van der Waals surface area contributed by atoms with E-state index in [9.17, 15) is 0 Å². The molecule has 0 radical (unpaired) electrons. The Hall–Kier alpha value is -2.17. The normalized spacial score (nSPS) is 10.2. The smallest absolute Gasteiger partial charge is 0.218 e. The van der Waals surface area contributed by atoms with Crippen molar-refractivity contribution in [2.24, 2.45) is 0 Å². The van der Waals surface area contributed by atoms with E-state index in [1.54, 1.807) is 19.2 Å². The molecule has 0 amide bonds. The fourth-order valence-electron chi connectivity index (χ4n) is 1.44. The maximum absolute atomic E-state index is 5.60. The molecule has 5 nitrogen and oxygen atoms in total. The van der Waals surface area contributed by atoms with Crippen molar-refractivity contribution in [3.63, 3.8) is 0 Å². The summed E-state index contributed by atoms with van der Waals surface area (Å²) in [7, 11) is 0. The number of nitrogens with two attached hydrogens (primary N) is 1. The molecule has 5 heteroatoms. The zero-order chi connectivity index (χ0) is 12.1. The van der Waals surface area contributed by atoms with Gasteiger partial charge in [-0.05, 0) is 19.1 Å². The third-order valence-corrected chi connectivity index (χ3v) is 2.17. The van der Waals surface area contributed by atoms with E-state index in [-0.39, 0.29) is 0 Å². The van der Waals surface area contributed by atoms with Gasteiger partial charge >= 0.3 is 0 Å². The minimum absolute atomic E-state index is 0.422. The molecule has 0 bridgehead atoms. The Morgan fingerprint density at radius 1 is 1.29 bits per heavy atom. The van der Waals surface area contributed by atoms with Crippen LogP contribution in [0.3, 0.4) is 0 Å². The standard InChI is InChI=1S/C12H14N4O/c1-9-15-11(13)8-12(16-9)17-7-5-10-4-2-3-6-14-10/h2-4,6,8H,5,7H2,1H3,(H2,13,15,16). The number of rotatable bonds is 4. The zero-order valence-electron chi connectivity index (χ0n) is 9.63. The second-order valence-corrected chi connectivity index (χ2v) is 3.60. The van der Waals surface area contributed by atoms with E-state index in [1.807, 2.05) is 18.2 Å². The summed E-state index contributed by atoms with van der Waals surface area (Å²) in [4.78, 5) is 12.3. The summed E-state index contributed by atoms with van der Waals surface area (Å²) in [5.41, 5.74) is 6.59. The first-order valence-electron chi connectivity index (χ1n) is 5.38. The predicted molar refractivity (Wildman–Crippen MR) is 64.6 cm³/mol. The van der Waals surface area contributed by atoms with E-state index in [2.05, 4.69) is 15.0 Å². The number of nitrogens with zero attached hydrogens (tertiary/aromatic N) is 3. The minimum Gasteiger partial charge on any atom is -0.477 e. The highest BCUT2D eigenvalue weighted by Crippen LogP contribution is 2.10. The molecule has 17 heavy (non-hydrogen) atoms. The molecule has 0 saturated carbocycles. The Labute approximate surface area is 99.7 Å². The predicted octanol–water partition coefficient (Wildman–Crippen LogP) is 1.38. The van der Waals surface area contributed by atoms with Gasteiger partial charge in [-0.2, -0.15) is 4.98 Å². The summed E-state index contributed by atoms with van der Waals surface area (Å²) >= 11 is 0. The zero-order valence-corrected chi connectivity index (χ0v) is 9.63. The van der Waals surface area contributed by atoms with Crippen LogP contribution in [0.25, 0.3) is 0 Å². The Balaban J connectivity index is 1.90. The molecule has 0 fully saturated rings. The van der Waals surface area contributed by atoms with Crippen LogP contribution < -0.4 is 10.5 Å². The fourth-order valence-corrected chi connectivity index (χ4v) is 1.44. The van der Waals surface area contributed by atoms with Gasteiger partial charge in [0.05, 0.1) is 6.61 Å². The summed E-state index contributed by atoms with van der Waals surface area (Å²) in [6.45, 7) is 2.30. The second-order valence-electron chi connectivity index (χ2n) is 3.60. The molecule has 2 aromatic heterocycles. The molecule has 0 unspecified atom stereocenters. The van der Waals surface area contributed by atoms with Gasteiger partial charge in [0.15, 0.2) is 0 Å². The van der Waals surface area contributed by atoms with Crippen molar-refractivity contribution in [3.8, 4) is 5.88 Å². The van der Waals surface area contributed by atoms with Crippen LogP contribution in [0.15, 0.2) is 30.5 Å². The maximum Gasteiger partial charge on any atom is 0.218 e. The van der Waals surface area contributed by atoms with Crippen molar-refractivity contribution in [2.75, 3.05) is 12.3 Å². The summed E-state index contributed by atoms with van der Waals surface area (Å²) in [5, 5.41) is 0. The molecule has 0 aliphatic heterocycles. The van der Waals surface area contributed by atoms with E-state index >= 15 is 0 Å². The molecule has 88 valence electrons. The number of aromatic nitrogens is 3. The first-order valence-corrected chi connectivity index (χ1v) is 5.38. The number of hydrogen-bond donors (Lipinski definition) is 1. The monoisotopic (exact) mass is 230 g/mol. The van der Waals surface area contributed by atoms with E-state index in [1.165, 1.54) is 0 Å². The summed E-state index contributed by atoms with van der Waals surface area (Å²) in [5.74, 6) is 1.54. The van der Waals surface area contributed by atoms with E-state index in [0.29, 0.717) is 24.1 Å². The van der Waals surface area contributed by atoms with Crippen molar-refractivity contribution < 1.29 is 4.74 Å². The van der Waals surface area contributed by atoms with Crippen LogP contribution >= 0.6 is 0 Å². The molecule has 2 rings (SSSR count). The van der Waals surface area contributed by atoms with Crippen LogP contribution in [0.2, 0.25) is 0 Å². The lowest BCUT2D eigenvalue weighted by molar-refractivity contribution is 0.307. The van der Waals surface area contributed by atoms with E-state index in [4.69, 9.17) is 10.5 Å². The quantitative estimate of drug-likeness (QED) is 0.859. The number of ether oxygens (including phenoxy) is 1. The van der Waals surface area contributed by atoms with Gasteiger partial charge in [-0.15, -0.1) is 0 Å². The minimum atomic E-state index is 0.422. The van der Waals surface area contributed by atoms with Gasteiger partial charge in [0, 0.05) is 24.4 Å². The Morgan fingerprint density at radius 3 is 2.88 bits per heavy atom. The SMILES string of the molecule is Cc1nc(N)cc(OCCc2ccccn2)n1. The molecule has 0 atom stereocenters. The van der Waals surface area contributed by atoms with Crippen molar-refractivity contribution in [1.82, 2.24) is 15.0 Å². The molecule has 0 aromatic carbocycles. The number of pyridine rings is 1. The third-order valence-electron chi connectivity index (χ3n) is 2.17. The molecule has 0 saturated heterocycles. The van der Waals surface area contributed by atoms with Gasteiger partial charge in [-0.3, -0.25) is 4.98 Å². The van der Waals surface area contributed by atoms with Gasteiger partial charge < -0.3 is 10.5 Å². The first-order chi connectivity index (χ1) is 8.24. The average molecular weight is 230 g/mol. The summed E-state index contributed by atoms with van der Waals surface area (Å²) < 4.78 is 5.50. The lowest BCUT2D eigenvalue weighted by Gasteiger charge is -2.06. The highest BCUT2D eigenvalue weighted by Gasteiger charge is 2.00. The number of hydrogen-bond acceptors (Lipinski definition) is 5. The number of nitrogen functional groups attached to an aromatic ring is 1. The lowest BCUT2D eigenvalue weighted by atomic mass is 10.3. The van der Waals surface area contributed by atoms with Gasteiger partial charge in [-0.1, -0.05) is 6.07 Å². The molecule has 2 aromatic rings. The highest BCUT2D eigenvalue weighted by atomic mass is 16.5. The van der Waals surface area contributed by atoms with E-state index < -0.39 is 0 Å². The molecular weight excluding hydrogens is 216 g/mol. The Kier molecular flexibility index (Phi) is 3.49. The third kappa shape index (κ3) is 3.41. The molecule has 0 aliphatic carbocycles. The van der Waals surface area contributed by atoms with Gasteiger partial charge in [0.1, 0.15) is 11.6 Å². The highest BCUT2D eigenvalue weighted by molar-refractivity contribution is 5.32. The second kappa shape index (κ2) is 5.25. The van der Waals surface area contributed by atoms with Gasteiger partial charge in [-0.25, -0.2) is 4.98 Å². The Bertz CT molecular complexity index is 467. The van der Waals surface area contributed by atoms with Crippen LogP contribution in [0, 0.1) is 6.92 Å². The molecule has 2 heterocycles. The van der Waals surface area contributed by atoms with Crippen molar-refractivity contribution in [3.05, 3.63) is 42.0 Å². The van der Waals surface area contributed by atoms with Crippen LogP contribution in [-0.4, -0.2) is 21.6 Å². The maximum atomic E-state index is 5.60. The topological polar surface area (TPSA) is 73.9 Å². The largest absolute Gasteiger partial charge is 0.477 e. The summed E-state index contributed by atoms with van der Waals surface area (Å²) in [6, 6.07) is 7.42. The number of anilines is 1. The van der Waals surface area contributed by atoms with Crippen molar-refractivity contribution in [1.29, 1.82) is 0 Å². The van der Waals surface area contributed by atoms with E-state index in [0.717, 1.165) is 12.1 Å². The average Bonchev–Trinajstić information content (AvgIpc) is 2.29. The lowest BCUT2D eigenvalue weighted by Crippen LogP contribution is -2.05. The number of aryl methyl sites for hydroxylation is 1.